The van der Waals surface area contributed by atoms with E-state index in [0.29, 0.717) is 76.1 Å². The third kappa shape index (κ3) is 4.03. The molecule has 0 aliphatic carbocycles. The minimum atomic E-state index is -1.48. The Hall–Kier alpha value is -3.70. The zero-order valence-corrected chi connectivity index (χ0v) is 20.5. The number of nitrogens with zero attached hydrogens (tertiary/aromatic N) is 4. The van der Waals surface area contributed by atoms with Gasteiger partial charge in [0.1, 0.15) is 29.4 Å². The average molecular weight is 511 g/mol. The highest BCUT2D eigenvalue weighted by Gasteiger charge is 2.35. The van der Waals surface area contributed by atoms with Gasteiger partial charge in [0.05, 0.1) is 50.4 Å². The van der Waals surface area contributed by atoms with Crippen molar-refractivity contribution in [2.75, 3.05) is 27.4 Å². The summed E-state index contributed by atoms with van der Waals surface area (Å²) in [6, 6.07) is 10.8. The van der Waals surface area contributed by atoms with Crippen LogP contribution in [0.5, 0.6) is 16.7 Å². The molecule has 0 radical (unpaired) electrons. The normalized spacial score (nSPS) is 15.4. The molecule has 186 valence electrons. The van der Waals surface area contributed by atoms with E-state index in [1.54, 1.807) is 43.1 Å². The van der Waals surface area contributed by atoms with Crippen LogP contribution in [0.3, 0.4) is 0 Å². The number of aromatic nitrogens is 4. The molecule has 1 fully saturated rings. The monoisotopic (exact) mass is 510 g/mol. The summed E-state index contributed by atoms with van der Waals surface area (Å²) in [5, 5.41) is 5.67. The number of imidazole rings is 1. The van der Waals surface area contributed by atoms with Crippen molar-refractivity contribution in [3.05, 3.63) is 54.0 Å². The Labute approximate surface area is 209 Å². The molecular formula is C25H23FN4O5S. The van der Waals surface area contributed by atoms with Gasteiger partial charge in [-0.2, -0.15) is 4.52 Å². The Morgan fingerprint density at radius 2 is 2.00 bits per heavy atom. The fourth-order valence-corrected chi connectivity index (χ4v) is 4.98. The second-order valence-electron chi connectivity index (χ2n) is 8.44. The number of pyridine rings is 1. The predicted octanol–water partition coefficient (Wildman–Crippen LogP) is 5.17. The molecule has 1 aliphatic rings. The molecule has 0 saturated carbocycles. The highest BCUT2D eigenvalue weighted by molar-refractivity contribution is 7.18. The number of fused-ring (bicyclic) bond motifs is 2. The van der Waals surface area contributed by atoms with Gasteiger partial charge in [0.15, 0.2) is 11.4 Å². The molecular weight excluding hydrogens is 487 g/mol. The highest BCUT2D eigenvalue weighted by Crippen LogP contribution is 2.38. The lowest BCUT2D eigenvalue weighted by atomic mass is 9.92. The third-order valence-corrected chi connectivity index (χ3v) is 7.11. The molecule has 1 saturated heterocycles. The quantitative estimate of drug-likeness (QED) is 0.296. The first-order chi connectivity index (χ1) is 17.6. The Balaban J connectivity index is 1.31. The molecule has 0 amide bonds. The van der Waals surface area contributed by atoms with Gasteiger partial charge < -0.3 is 23.4 Å². The molecule has 5 heterocycles. The molecule has 11 heteroatoms. The summed E-state index contributed by atoms with van der Waals surface area (Å²) in [4.78, 5) is 9.64. The lowest BCUT2D eigenvalue weighted by Crippen LogP contribution is -2.30. The Morgan fingerprint density at radius 1 is 1.14 bits per heavy atom. The Kier molecular flexibility index (Phi) is 5.73. The van der Waals surface area contributed by atoms with Crippen molar-refractivity contribution in [2.24, 2.45) is 0 Å². The van der Waals surface area contributed by atoms with Crippen LogP contribution in [0.2, 0.25) is 0 Å². The summed E-state index contributed by atoms with van der Waals surface area (Å²) < 4.78 is 45.4. The number of hydrogen-bond donors (Lipinski definition) is 0. The van der Waals surface area contributed by atoms with Crippen LogP contribution < -0.4 is 14.2 Å². The van der Waals surface area contributed by atoms with Crippen LogP contribution in [0.4, 0.5) is 4.39 Å². The van der Waals surface area contributed by atoms with Gasteiger partial charge in [-0.25, -0.2) is 9.37 Å². The fraction of sp³-hybridized carbons (Fsp3) is 0.320. The second-order valence-corrected chi connectivity index (χ2v) is 9.36. The molecule has 0 bridgehead atoms. The van der Waals surface area contributed by atoms with Crippen molar-refractivity contribution in [3.63, 3.8) is 0 Å². The van der Waals surface area contributed by atoms with E-state index in [1.165, 1.54) is 11.3 Å². The standard InChI is InChI=1S/C25H23FN4O5S/c1-31-16-10-19(34-14-15-4-3-5-22(28-15)25(26)6-8-33-9-7-25)17-12-21(35-20(17)11-16)18-13-27-23-30(18)29-24(32-2)36-23/h3-5,10-13H,6-9,14H2,1-2H3. The summed E-state index contributed by atoms with van der Waals surface area (Å²) >= 11 is 1.34. The summed E-state index contributed by atoms with van der Waals surface area (Å²) in [6.07, 6.45) is 2.29. The maximum absolute atomic E-state index is 15.4. The number of furan rings is 1. The van der Waals surface area contributed by atoms with E-state index in [1.807, 2.05) is 18.2 Å². The zero-order valence-electron chi connectivity index (χ0n) is 19.7. The van der Waals surface area contributed by atoms with Crippen molar-refractivity contribution >= 4 is 27.3 Å². The number of hydrogen-bond acceptors (Lipinski definition) is 9. The van der Waals surface area contributed by atoms with Gasteiger partial charge in [-0.05, 0) is 29.5 Å². The van der Waals surface area contributed by atoms with Crippen LogP contribution in [0.1, 0.15) is 24.2 Å². The van der Waals surface area contributed by atoms with Gasteiger partial charge in [-0.3, -0.25) is 4.98 Å². The van der Waals surface area contributed by atoms with E-state index in [0.717, 1.165) is 5.39 Å². The summed E-state index contributed by atoms with van der Waals surface area (Å²) in [7, 11) is 3.15. The first-order valence-electron chi connectivity index (χ1n) is 11.4. The van der Waals surface area contributed by atoms with Crippen molar-refractivity contribution in [2.45, 2.75) is 25.1 Å². The molecule has 1 aromatic carbocycles. The number of halogens is 1. The van der Waals surface area contributed by atoms with Crippen LogP contribution >= 0.6 is 11.3 Å². The molecule has 0 unspecified atom stereocenters. The number of benzene rings is 1. The molecule has 6 rings (SSSR count). The maximum atomic E-state index is 15.4. The zero-order chi connectivity index (χ0) is 24.7. The SMILES string of the molecule is COc1cc(OCc2cccc(C3(F)CCOCC3)n2)c2cc(-c3cnc4sc(OC)nn34)oc2c1. The minimum absolute atomic E-state index is 0.156. The average Bonchev–Trinajstić information content (AvgIpc) is 3.61. The lowest BCUT2D eigenvalue weighted by molar-refractivity contribution is -0.0140. The largest absolute Gasteiger partial charge is 0.496 e. The summed E-state index contributed by atoms with van der Waals surface area (Å²) in [5.41, 5.74) is 0.832. The van der Waals surface area contributed by atoms with E-state index in [4.69, 9.17) is 23.4 Å². The maximum Gasteiger partial charge on any atom is 0.294 e. The van der Waals surface area contributed by atoms with Crippen LogP contribution in [-0.2, 0) is 17.0 Å². The van der Waals surface area contributed by atoms with Crippen molar-refractivity contribution in [1.29, 1.82) is 0 Å². The highest BCUT2D eigenvalue weighted by atomic mass is 32.1. The van der Waals surface area contributed by atoms with Gasteiger partial charge in [0.25, 0.3) is 5.19 Å². The Bertz CT molecular complexity index is 1540. The first kappa shape index (κ1) is 22.7. The molecule has 36 heavy (non-hydrogen) atoms. The van der Waals surface area contributed by atoms with Crippen LogP contribution in [0.25, 0.3) is 27.4 Å². The number of methoxy groups -OCH3 is 2. The minimum Gasteiger partial charge on any atom is -0.496 e. The first-order valence-corrected chi connectivity index (χ1v) is 12.2. The summed E-state index contributed by atoms with van der Waals surface area (Å²) in [5.74, 6) is 1.71. The van der Waals surface area contributed by atoms with E-state index >= 15 is 4.39 Å². The number of rotatable bonds is 7. The predicted molar refractivity (Wildman–Crippen MR) is 131 cm³/mol. The number of alkyl halides is 1. The van der Waals surface area contributed by atoms with Crippen LogP contribution in [-0.4, -0.2) is 47.0 Å². The van der Waals surface area contributed by atoms with Crippen molar-refractivity contribution in [1.82, 2.24) is 19.6 Å². The molecule has 0 N–H and O–H groups in total. The molecule has 1 aliphatic heterocycles. The van der Waals surface area contributed by atoms with E-state index < -0.39 is 5.67 Å². The fourth-order valence-electron chi connectivity index (χ4n) is 4.28. The van der Waals surface area contributed by atoms with Crippen LogP contribution in [0, 0.1) is 0 Å². The van der Waals surface area contributed by atoms with Crippen molar-refractivity contribution < 1.29 is 27.8 Å². The van der Waals surface area contributed by atoms with Gasteiger partial charge in [-0.1, -0.05) is 6.07 Å². The van der Waals surface area contributed by atoms with Crippen LogP contribution in [0.15, 0.2) is 47.0 Å². The van der Waals surface area contributed by atoms with Gasteiger partial charge >= 0.3 is 0 Å². The third-order valence-electron chi connectivity index (χ3n) is 6.23. The van der Waals surface area contributed by atoms with Gasteiger partial charge in [-0.15, -0.1) is 5.10 Å². The van der Waals surface area contributed by atoms with Crippen molar-refractivity contribution in [3.8, 4) is 28.1 Å². The smallest absolute Gasteiger partial charge is 0.294 e. The molecule has 0 atom stereocenters. The van der Waals surface area contributed by atoms with E-state index in [-0.39, 0.29) is 6.61 Å². The van der Waals surface area contributed by atoms with E-state index in [9.17, 15) is 0 Å². The Morgan fingerprint density at radius 3 is 2.81 bits per heavy atom. The van der Waals surface area contributed by atoms with Gasteiger partial charge in [0, 0.05) is 25.0 Å². The second kappa shape index (κ2) is 9.07. The topological polar surface area (TPSA) is 93.1 Å². The molecule has 4 aromatic heterocycles. The number of ether oxygens (including phenoxy) is 4. The van der Waals surface area contributed by atoms with Gasteiger partial charge in [0.2, 0.25) is 4.96 Å². The molecule has 9 nitrogen and oxygen atoms in total. The molecule has 0 spiro atoms. The summed E-state index contributed by atoms with van der Waals surface area (Å²) in [6.45, 7) is 0.935. The lowest BCUT2D eigenvalue weighted by Gasteiger charge is -2.29. The van der Waals surface area contributed by atoms with E-state index in [2.05, 4.69) is 15.1 Å². The molecule has 5 aromatic rings.